The summed E-state index contributed by atoms with van der Waals surface area (Å²) in [5, 5.41) is 0.354. The highest BCUT2D eigenvalue weighted by molar-refractivity contribution is 7.89. The maximum Gasteiger partial charge on any atom is 0.244 e. The van der Waals surface area contributed by atoms with E-state index in [0.29, 0.717) is 18.0 Å². The molecular weight excluding hydrogens is 396 g/mol. The summed E-state index contributed by atoms with van der Waals surface area (Å²) in [6.45, 7) is 4.70. The third-order valence-electron chi connectivity index (χ3n) is 4.97. The number of rotatable bonds is 8. The highest BCUT2D eigenvalue weighted by Gasteiger charge is 2.20. The lowest BCUT2D eigenvalue weighted by Gasteiger charge is -2.31. The molecule has 0 saturated carbocycles. The van der Waals surface area contributed by atoms with Crippen LogP contribution in [0.4, 0.5) is 5.69 Å². The van der Waals surface area contributed by atoms with E-state index in [9.17, 15) is 8.42 Å². The molecule has 28 heavy (non-hydrogen) atoms. The van der Waals surface area contributed by atoms with Gasteiger partial charge in [0.05, 0.1) is 7.11 Å². The minimum Gasteiger partial charge on any atom is -0.495 e. The molecule has 0 bridgehead atoms. The fourth-order valence-corrected chi connectivity index (χ4v) is 5.12. The molecule has 0 fully saturated rings. The van der Waals surface area contributed by atoms with E-state index in [1.165, 1.54) is 24.4 Å². The van der Waals surface area contributed by atoms with Gasteiger partial charge in [0.25, 0.3) is 0 Å². The molecule has 0 saturated heterocycles. The van der Waals surface area contributed by atoms with Gasteiger partial charge in [0, 0.05) is 30.3 Å². The van der Waals surface area contributed by atoms with Gasteiger partial charge in [-0.1, -0.05) is 30.7 Å². The van der Waals surface area contributed by atoms with Crippen LogP contribution in [0.2, 0.25) is 5.02 Å². The maximum atomic E-state index is 12.6. The van der Waals surface area contributed by atoms with Crippen LogP contribution >= 0.6 is 11.6 Å². The molecule has 2 aromatic carbocycles. The summed E-state index contributed by atoms with van der Waals surface area (Å²) in [5.41, 5.74) is 3.82. The van der Waals surface area contributed by atoms with Crippen molar-refractivity contribution in [3.05, 3.63) is 52.5 Å². The summed E-state index contributed by atoms with van der Waals surface area (Å²) in [7, 11) is -2.26. The first-order chi connectivity index (χ1) is 13.4. The molecule has 1 heterocycles. The van der Waals surface area contributed by atoms with E-state index >= 15 is 0 Å². The highest BCUT2D eigenvalue weighted by Crippen LogP contribution is 2.29. The molecule has 0 atom stereocenters. The average Bonchev–Trinajstić information content (AvgIpc) is 2.68. The smallest absolute Gasteiger partial charge is 0.244 e. The number of nitrogens with zero attached hydrogens (tertiary/aromatic N) is 1. The molecule has 0 aliphatic carbocycles. The van der Waals surface area contributed by atoms with Gasteiger partial charge in [-0.15, -0.1) is 0 Å². The normalized spacial score (nSPS) is 14.0. The summed E-state index contributed by atoms with van der Waals surface area (Å²) < 4.78 is 33.1. The molecular formula is C21H27ClN2O3S. The van der Waals surface area contributed by atoms with Gasteiger partial charge < -0.3 is 9.64 Å². The zero-order valence-electron chi connectivity index (χ0n) is 16.4. The number of benzene rings is 2. The molecule has 5 nitrogen and oxygen atoms in total. The Morgan fingerprint density at radius 3 is 2.79 bits per heavy atom. The van der Waals surface area contributed by atoms with Crippen LogP contribution in [0.3, 0.4) is 0 Å². The first-order valence-corrected chi connectivity index (χ1v) is 11.5. The topological polar surface area (TPSA) is 58.6 Å². The van der Waals surface area contributed by atoms with E-state index in [4.69, 9.17) is 16.3 Å². The average molecular weight is 423 g/mol. The number of sulfonamides is 1. The molecule has 0 spiro atoms. The molecule has 152 valence electrons. The lowest BCUT2D eigenvalue weighted by molar-refractivity contribution is 0.402. The monoisotopic (exact) mass is 422 g/mol. The van der Waals surface area contributed by atoms with E-state index in [0.717, 1.165) is 37.9 Å². The van der Waals surface area contributed by atoms with Gasteiger partial charge in [0.2, 0.25) is 10.0 Å². The second kappa shape index (κ2) is 9.16. The third kappa shape index (κ3) is 4.80. The first-order valence-electron chi connectivity index (χ1n) is 9.64. The second-order valence-electron chi connectivity index (χ2n) is 7.00. The maximum absolute atomic E-state index is 12.6. The number of methoxy groups -OCH3 is 1. The van der Waals surface area contributed by atoms with E-state index in [1.807, 2.05) is 0 Å². The Morgan fingerprint density at radius 1 is 1.21 bits per heavy atom. The Balaban J connectivity index is 1.67. The first kappa shape index (κ1) is 21.0. The summed E-state index contributed by atoms with van der Waals surface area (Å²) in [6, 6.07) is 11.1. The predicted molar refractivity (Wildman–Crippen MR) is 114 cm³/mol. The lowest BCUT2D eigenvalue weighted by atomic mass is 9.98. The van der Waals surface area contributed by atoms with Crippen LogP contribution < -0.4 is 14.4 Å². The Labute approximate surface area is 172 Å². The zero-order valence-corrected chi connectivity index (χ0v) is 17.9. The SMILES string of the molecule is CCCN1CCCc2cc(CCNS(=O)(=O)c3cc(Cl)ccc3OC)ccc21. The largest absolute Gasteiger partial charge is 0.495 e. The summed E-state index contributed by atoms with van der Waals surface area (Å²) in [6.07, 6.45) is 4.01. The molecule has 1 N–H and O–H groups in total. The summed E-state index contributed by atoms with van der Waals surface area (Å²) >= 11 is 5.96. The van der Waals surface area contributed by atoms with Crippen molar-refractivity contribution < 1.29 is 13.2 Å². The Bertz CT molecular complexity index is 931. The van der Waals surface area contributed by atoms with Crippen LogP contribution in [0.5, 0.6) is 5.75 Å². The van der Waals surface area contributed by atoms with Crippen molar-refractivity contribution in [3.63, 3.8) is 0 Å². The van der Waals surface area contributed by atoms with Crippen LogP contribution in [0.15, 0.2) is 41.3 Å². The van der Waals surface area contributed by atoms with Gasteiger partial charge in [-0.2, -0.15) is 0 Å². The lowest BCUT2D eigenvalue weighted by Crippen LogP contribution is -2.30. The number of ether oxygens (including phenoxy) is 1. The van der Waals surface area contributed by atoms with Gasteiger partial charge in [-0.3, -0.25) is 0 Å². The van der Waals surface area contributed by atoms with Crippen LogP contribution in [0.25, 0.3) is 0 Å². The van der Waals surface area contributed by atoms with Crippen LogP contribution in [-0.2, 0) is 22.9 Å². The Morgan fingerprint density at radius 2 is 2.04 bits per heavy atom. The van der Waals surface area contributed by atoms with Crippen molar-refractivity contribution in [1.82, 2.24) is 4.72 Å². The van der Waals surface area contributed by atoms with Gasteiger partial charge >= 0.3 is 0 Å². The molecule has 3 rings (SSSR count). The second-order valence-corrected chi connectivity index (χ2v) is 9.17. The van der Waals surface area contributed by atoms with Gasteiger partial charge in [0.1, 0.15) is 10.6 Å². The minimum atomic E-state index is -3.70. The minimum absolute atomic E-state index is 0.0585. The molecule has 0 amide bonds. The standard InChI is InChI=1S/C21H27ClN2O3S/c1-3-12-24-13-4-5-17-14-16(6-8-19(17)24)10-11-23-28(25,26)21-15-18(22)7-9-20(21)27-2/h6-9,14-15,23H,3-5,10-13H2,1-2H3. The predicted octanol–water partition coefficient (Wildman–Crippen LogP) is 4.03. The Hall–Kier alpha value is -1.76. The number of halogens is 1. The molecule has 2 aromatic rings. The van der Waals surface area contributed by atoms with Gasteiger partial charge in [-0.05, 0) is 61.1 Å². The summed E-state index contributed by atoms with van der Waals surface area (Å²) in [4.78, 5) is 2.50. The van der Waals surface area contributed by atoms with Gasteiger partial charge in [-0.25, -0.2) is 13.1 Å². The number of aryl methyl sites for hydroxylation is 1. The van der Waals surface area contributed by atoms with Crippen molar-refractivity contribution in [3.8, 4) is 5.75 Å². The van der Waals surface area contributed by atoms with Crippen LogP contribution in [-0.4, -0.2) is 35.2 Å². The number of fused-ring (bicyclic) bond motifs is 1. The number of anilines is 1. The Kier molecular flexibility index (Phi) is 6.86. The van der Waals surface area contributed by atoms with Crippen LogP contribution in [0.1, 0.15) is 30.9 Å². The summed E-state index contributed by atoms with van der Waals surface area (Å²) in [5.74, 6) is 0.279. The zero-order chi connectivity index (χ0) is 20.1. The van der Waals surface area contributed by atoms with Crippen molar-refractivity contribution in [2.24, 2.45) is 0 Å². The van der Waals surface area contributed by atoms with E-state index in [1.54, 1.807) is 12.1 Å². The van der Waals surface area contributed by atoms with Crippen LogP contribution in [0, 0.1) is 0 Å². The van der Waals surface area contributed by atoms with E-state index in [2.05, 4.69) is 34.7 Å². The van der Waals surface area contributed by atoms with Crippen molar-refractivity contribution in [1.29, 1.82) is 0 Å². The fraction of sp³-hybridized carbons (Fsp3) is 0.429. The van der Waals surface area contributed by atoms with Crippen molar-refractivity contribution >= 4 is 27.3 Å². The molecule has 0 unspecified atom stereocenters. The molecule has 0 radical (unpaired) electrons. The molecule has 0 aromatic heterocycles. The number of hydrogen-bond donors (Lipinski definition) is 1. The highest BCUT2D eigenvalue weighted by atomic mass is 35.5. The van der Waals surface area contributed by atoms with Gasteiger partial charge in [0.15, 0.2) is 0 Å². The molecule has 1 aliphatic heterocycles. The van der Waals surface area contributed by atoms with E-state index in [-0.39, 0.29) is 10.6 Å². The third-order valence-corrected chi connectivity index (χ3v) is 6.69. The van der Waals surface area contributed by atoms with E-state index < -0.39 is 10.0 Å². The quantitative estimate of drug-likeness (QED) is 0.697. The fourth-order valence-electron chi connectivity index (χ4n) is 3.65. The van der Waals surface area contributed by atoms with Crippen molar-refractivity contribution in [2.75, 3.05) is 31.6 Å². The number of nitrogens with one attached hydrogen (secondary N) is 1. The number of hydrogen-bond acceptors (Lipinski definition) is 4. The molecule has 7 heteroatoms. The van der Waals surface area contributed by atoms with Crippen molar-refractivity contribution in [2.45, 2.75) is 37.5 Å². The molecule has 1 aliphatic rings.